The minimum atomic E-state index is -0.0798. The molecular formula is C18H21N5O. The molecule has 124 valence electrons. The first-order valence-electron chi connectivity index (χ1n) is 8.38. The Kier molecular flexibility index (Phi) is 3.59. The lowest BCUT2D eigenvalue weighted by atomic mass is 10.1. The standard InChI is InChI=1S/C18H21N5O/c1-12-10-13(2)23(21-12)14-6-5-9-22(11-14)18-19-16-8-4-3-7-15(16)17(24)20-18/h3-4,7-8,10,14H,5-6,9,11H2,1-2H3,(H,19,20,24). The van der Waals surface area contributed by atoms with Gasteiger partial charge in [-0.1, -0.05) is 12.1 Å². The summed E-state index contributed by atoms with van der Waals surface area (Å²) in [5, 5.41) is 5.26. The molecule has 1 aromatic carbocycles. The molecule has 6 nitrogen and oxygen atoms in total. The molecule has 1 atom stereocenters. The lowest BCUT2D eigenvalue weighted by Gasteiger charge is -2.33. The zero-order chi connectivity index (χ0) is 16.7. The molecule has 0 amide bonds. The Balaban J connectivity index is 1.67. The van der Waals surface area contributed by atoms with E-state index in [1.54, 1.807) is 6.07 Å². The predicted molar refractivity (Wildman–Crippen MR) is 94.5 cm³/mol. The van der Waals surface area contributed by atoms with Crippen molar-refractivity contribution >= 4 is 16.9 Å². The summed E-state index contributed by atoms with van der Waals surface area (Å²) in [5.41, 5.74) is 2.88. The topological polar surface area (TPSA) is 66.8 Å². The molecule has 0 saturated carbocycles. The van der Waals surface area contributed by atoms with Crippen LogP contribution in [0.4, 0.5) is 5.95 Å². The van der Waals surface area contributed by atoms with Gasteiger partial charge in [0.1, 0.15) is 0 Å². The van der Waals surface area contributed by atoms with Crippen LogP contribution in [-0.2, 0) is 0 Å². The van der Waals surface area contributed by atoms with Crippen LogP contribution in [0.15, 0.2) is 35.1 Å². The Labute approximate surface area is 140 Å². The van der Waals surface area contributed by atoms with E-state index in [-0.39, 0.29) is 5.56 Å². The van der Waals surface area contributed by atoms with Crippen LogP contribution in [0.3, 0.4) is 0 Å². The van der Waals surface area contributed by atoms with E-state index < -0.39 is 0 Å². The number of benzene rings is 1. The summed E-state index contributed by atoms with van der Waals surface area (Å²) in [5.74, 6) is 0.657. The van der Waals surface area contributed by atoms with Crippen molar-refractivity contribution in [2.45, 2.75) is 32.7 Å². The monoisotopic (exact) mass is 323 g/mol. The predicted octanol–water partition coefficient (Wildman–Crippen LogP) is 2.58. The normalized spacial score (nSPS) is 18.2. The molecule has 0 radical (unpaired) electrons. The molecule has 0 bridgehead atoms. The Hall–Kier alpha value is -2.63. The molecule has 0 spiro atoms. The van der Waals surface area contributed by atoms with E-state index in [9.17, 15) is 4.79 Å². The van der Waals surface area contributed by atoms with Crippen LogP contribution in [0, 0.1) is 13.8 Å². The maximum atomic E-state index is 12.3. The highest BCUT2D eigenvalue weighted by Crippen LogP contribution is 2.25. The summed E-state index contributed by atoms with van der Waals surface area (Å²) in [6.45, 7) is 5.82. The third-order valence-corrected chi connectivity index (χ3v) is 4.69. The molecule has 3 heterocycles. The van der Waals surface area contributed by atoms with Crippen molar-refractivity contribution in [1.29, 1.82) is 0 Å². The Morgan fingerprint density at radius 2 is 2.08 bits per heavy atom. The first-order chi connectivity index (χ1) is 11.6. The number of aromatic nitrogens is 4. The molecule has 1 unspecified atom stereocenters. The first-order valence-corrected chi connectivity index (χ1v) is 8.38. The van der Waals surface area contributed by atoms with Gasteiger partial charge in [0.25, 0.3) is 5.56 Å². The molecule has 24 heavy (non-hydrogen) atoms. The van der Waals surface area contributed by atoms with Crippen LogP contribution < -0.4 is 10.5 Å². The first kappa shape index (κ1) is 14.9. The second-order valence-corrected chi connectivity index (χ2v) is 6.52. The lowest BCUT2D eigenvalue weighted by molar-refractivity contribution is 0.366. The fraction of sp³-hybridized carbons (Fsp3) is 0.389. The van der Waals surface area contributed by atoms with Crippen LogP contribution in [0.2, 0.25) is 0 Å². The minimum absolute atomic E-state index is 0.0798. The number of para-hydroxylation sites is 1. The van der Waals surface area contributed by atoms with E-state index in [0.29, 0.717) is 17.4 Å². The van der Waals surface area contributed by atoms with Crippen LogP contribution in [-0.4, -0.2) is 32.8 Å². The van der Waals surface area contributed by atoms with Gasteiger partial charge in [-0.25, -0.2) is 4.98 Å². The average molecular weight is 323 g/mol. The summed E-state index contributed by atoms with van der Waals surface area (Å²) < 4.78 is 2.11. The molecule has 1 saturated heterocycles. The van der Waals surface area contributed by atoms with Gasteiger partial charge in [0.2, 0.25) is 5.95 Å². The van der Waals surface area contributed by atoms with Crippen LogP contribution in [0.25, 0.3) is 10.9 Å². The molecule has 2 aromatic heterocycles. The molecule has 4 rings (SSSR count). The number of nitrogens with zero attached hydrogens (tertiary/aromatic N) is 4. The van der Waals surface area contributed by atoms with Gasteiger partial charge in [0, 0.05) is 18.8 Å². The zero-order valence-electron chi connectivity index (χ0n) is 14.0. The summed E-state index contributed by atoms with van der Waals surface area (Å²) in [7, 11) is 0. The van der Waals surface area contributed by atoms with Crippen LogP contribution in [0.1, 0.15) is 30.3 Å². The number of fused-ring (bicyclic) bond motifs is 1. The number of H-pyrrole nitrogens is 1. The van der Waals surface area contributed by atoms with Gasteiger partial charge in [0.05, 0.1) is 22.6 Å². The Morgan fingerprint density at radius 1 is 1.25 bits per heavy atom. The van der Waals surface area contributed by atoms with E-state index >= 15 is 0 Å². The van der Waals surface area contributed by atoms with Gasteiger partial charge in [-0.05, 0) is 44.9 Å². The van der Waals surface area contributed by atoms with Gasteiger partial charge in [-0.15, -0.1) is 0 Å². The molecule has 1 fully saturated rings. The number of anilines is 1. The summed E-state index contributed by atoms with van der Waals surface area (Å²) in [4.78, 5) is 22.1. The van der Waals surface area contributed by atoms with Gasteiger partial charge in [0.15, 0.2) is 0 Å². The fourth-order valence-corrected chi connectivity index (χ4v) is 3.59. The van der Waals surface area contributed by atoms with E-state index in [0.717, 1.165) is 37.1 Å². The maximum Gasteiger partial charge on any atom is 0.260 e. The summed E-state index contributed by atoms with van der Waals surface area (Å²) in [6.07, 6.45) is 2.15. The number of hydrogen-bond acceptors (Lipinski definition) is 4. The van der Waals surface area contributed by atoms with Crippen LogP contribution in [0.5, 0.6) is 0 Å². The molecule has 6 heteroatoms. The summed E-state index contributed by atoms with van der Waals surface area (Å²) >= 11 is 0. The molecule has 1 aliphatic heterocycles. The number of rotatable bonds is 2. The number of aromatic amines is 1. The zero-order valence-corrected chi connectivity index (χ0v) is 14.0. The molecule has 1 aliphatic rings. The van der Waals surface area contributed by atoms with Gasteiger partial charge in [-0.2, -0.15) is 5.10 Å². The second-order valence-electron chi connectivity index (χ2n) is 6.52. The van der Waals surface area contributed by atoms with Crippen molar-refractivity contribution in [3.05, 3.63) is 52.1 Å². The smallest absolute Gasteiger partial charge is 0.260 e. The van der Waals surface area contributed by atoms with Crippen LogP contribution >= 0.6 is 0 Å². The number of hydrogen-bond donors (Lipinski definition) is 1. The van der Waals surface area contributed by atoms with Gasteiger partial charge in [-0.3, -0.25) is 14.5 Å². The average Bonchev–Trinajstić information content (AvgIpc) is 2.93. The van der Waals surface area contributed by atoms with Crippen molar-refractivity contribution < 1.29 is 0 Å². The van der Waals surface area contributed by atoms with E-state index in [2.05, 4.69) is 37.6 Å². The largest absolute Gasteiger partial charge is 0.340 e. The maximum absolute atomic E-state index is 12.3. The quantitative estimate of drug-likeness (QED) is 0.787. The van der Waals surface area contributed by atoms with Gasteiger partial charge >= 0.3 is 0 Å². The molecule has 0 aliphatic carbocycles. The van der Waals surface area contributed by atoms with Crippen molar-refractivity contribution in [2.24, 2.45) is 0 Å². The third kappa shape index (κ3) is 2.58. The van der Waals surface area contributed by atoms with Crippen molar-refractivity contribution in [2.75, 3.05) is 18.0 Å². The number of aryl methyl sites for hydroxylation is 2. The third-order valence-electron chi connectivity index (χ3n) is 4.69. The molecule has 1 N–H and O–H groups in total. The van der Waals surface area contributed by atoms with Crippen molar-refractivity contribution in [3.8, 4) is 0 Å². The summed E-state index contributed by atoms with van der Waals surface area (Å²) in [6, 6.07) is 9.88. The highest BCUT2D eigenvalue weighted by atomic mass is 16.1. The highest BCUT2D eigenvalue weighted by Gasteiger charge is 2.24. The second kappa shape index (κ2) is 5.78. The lowest BCUT2D eigenvalue weighted by Crippen LogP contribution is -2.39. The van der Waals surface area contributed by atoms with E-state index in [1.807, 2.05) is 25.1 Å². The molecule has 3 aromatic rings. The van der Waals surface area contributed by atoms with E-state index in [1.165, 1.54) is 5.69 Å². The SMILES string of the molecule is Cc1cc(C)n(C2CCCN(c3nc4ccccc4c(=O)[nH]3)C2)n1. The highest BCUT2D eigenvalue weighted by molar-refractivity contribution is 5.78. The van der Waals surface area contributed by atoms with Crippen molar-refractivity contribution in [1.82, 2.24) is 19.7 Å². The fourth-order valence-electron chi connectivity index (χ4n) is 3.59. The minimum Gasteiger partial charge on any atom is -0.340 e. The van der Waals surface area contributed by atoms with Gasteiger partial charge < -0.3 is 4.90 Å². The van der Waals surface area contributed by atoms with Crippen molar-refractivity contribution in [3.63, 3.8) is 0 Å². The van der Waals surface area contributed by atoms with E-state index in [4.69, 9.17) is 0 Å². The molecular weight excluding hydrogens is 302 g/mol. The number of piperidine rings is 1. The Bertz CT molecular complexity index is 942. The Morgan fingerprint density at radius 3 is 2.88 bits per heavy atom. The number of nitrogens with one attached hydrogen (secondary N) is 1.